The number of nitrogens with zero attached hydrogens (tertiary/aromatic N) is 1. The Balaban J connectivity index is 1.57. The van der Waals surface area contributed by atoms with Gasteiger partial charge in [-0.3, -0.25) is 4.79 Å². The highest BCUT2D eigenvalue weighted by Gasteiger charge is 2.38. The maximum absolute atomic E-state index is 13.0. The molecule has 194 valence electrons. The van der Waals surface area contributed by atoms with Gasteiger partial charge in [-0.1, -0.05) is 54.2 Å². The molecule has 0 aromatic heterocycles. The monoisotopic (exact) mass is 518 g/mol. The summed E-state index contributed by atoms with van der Waals surface area (Å²) >= 11 is 6.34. The topological polar surface area (TPSA) is 130 Å². The van der Waals surface area contributed by atoms with Crippen LogP contribution < -0.4 is 5.32 Å². The van der Waals surface area contributed by atoms with E-state index >= 15 is 0 Å². The number of carbonyl (C=O) groups excluding carboxylic acids is 2. The van der Waals surface area contributed by atoms with Gasteiger partial charge >= 0.3 is 5.97 Å². The predicted octanol–water partition coefficient (Wildman–Crippen LogP) is 3.94. The van der Waals surface area contributed by atoms with Crippen LogP contribution in [-0.4, -0.2) is 58.8 Å². The zero-order chi connectivity index (χ0) is 25.7. The molecule has 4 rings (SSSR count). The van der Waals surface area contributed by atoms with E-state index in [2.05, 4.69) is 10.5 Å². The first-order valence-corrected chi connectivity index (χ1v) is 12.6. The van der Waals surface area contributed by atoms with Gasteiger partial charge in [0.1, 0.15) is 29.3 Å². The molecule has 2 aliphatic heterocycles. The second-order valence-corrected chi connectivity index (χ2v) is 9.73. The average molecular weight is 519 g/mol. The third-order valence-corrected chi connectivity index (χ3v) is 6.85. The summed E-state index contributed by atoms with van der Waals surface area (Å²) in [7, 11) is 0. The highest BCUT2D eigenvalue weighted by atomic mass is 35.5. The van der Waals surface area contributed by atoms with Crippen molar-refractivity contribution in [3.8, 4) is 11.5 Å². The molecule has 0 spiro atoms. The number of hydrogen-bond donors (Lipinski definition) is 3. The number of oxime groups is 1. The Morgan fingerprint density at radius 3 is 2.78 bits per heavy atom. The normalized spacial score (nSPS) is 27.7. The number of amides is 1. The van der Waals surface area contributed by atoms with Gasteiger partial charge in [0.2, 0.25) is 0 Å². The van der Waals surface area contributed by atoms with Crippen LogP contribution in [0.4, 0.5) is 0 Å². The molecule has 0 bridgehead atoms. The summed E-state index contributed by atoms with van der Waals surface area (Å²) in [6.07, 6.45) is 12.1. The molecule has 0 unspecified atom stereocenters. The van der Waals surface area contributed by atoms with Crippen molar-refractivity contribution in [3.05, 3.63) is 46.5 Å². The summed E-state index contributed by atoms with van der Waals surface area (Å²) in [4.78, 5) is 30.6. The number of fused-ring (bicyclic) bond motifs is 2. The van der Waals surface area contributed by atoms with Crippen LogP contribution in [0.5, 0.6) is 11.5 Å². The number of esters is 1. The molecular formula is C26H31ClN2O7. The lowest BCUT2D eigenvalue weighted by atomic mass is 9.95. The number of allylic oxidation sites excluding steroid dienone is 3. The summed E-state index contributed by atoms with van der Waals surface area (Å²) in [6, 6.07) is 1.15. The number of nitrogens with one attached hydrogen (secondary N) is 1. The van der Waals surface area contributed by atoms with Gasteiger partial charge in [0.25, 0.3) is 5.91 Å². The molecule has 36 heavy (non-hydrogen) atoms. The molecule has 1 aromatic rings. The molecule has 2 fully saturated rings. The molecular weight excluding hydrogens is 488 g/mol. The number of epoxide rings is 1. The highest BCUT2D eigenvalue weighted by Crippen LogP contribution is 2.38. The van der Waals surface area contributed by atoms with E-state index in [0.29, 0.717) is 12.1 Å². The fourth-order valence-corrected chi connectivity index (χ4v) is 4.76. The molecule has 1 saturated carbocycles. The molecule has 9 nitrogen and oxygen atoms in total. The van der Waals surface area contributed by atoms with Crippen molar-refractivity contribution in [3.63, 3.8) is 0 Å². The largest absolute Gasteiger partial charge is 0.507 e. The molecule has 1 amide bonds. The van der Waals surface area contributed by atoms with Gasteiger partial charge in [0, 0.05) is 24.9 Å². The van der Waals surface area contributed by atoms with E-state index in [0.717, 1.165) is 31.7 Å². The van der Waals surface area contributed by atoms with E-state index in [1.807, 2.05) is 6.08 Å². The quantitative estimate of drug-likeness (QED) is 0.312. The average Bonchev–Trinajstić information content (AvgIpc) is 3.56. The van der Waals surface area contributed by atoms with Crippen molar-refractivity contribution >= 4 is 29.2 Å². The zero-order valence-corrected chi connectivity index (χ0v) is 20.9. The standard InChI is InChI=1S/C26H31ClN2O7/c1-15-11-22-21(36-22)10-6-5-9-17(29-34-14-23(32)28-16-7-3-2-4-8-16)12-18-24(26(33)35-15)19(30)13-20(31)25(18)27/h5-6,9-10,13,15-16,21-22,30-31H,2-4,7-8,11-12,14H2,1H3,(H,28,32)/b9-5+,10-6+,29-17+/t15-,21-,22-/m1/s1. The predicted molar refractivity (Wildman–Crippen MR) is 133 cm³/mol. The number of carbonyl (C=O) groups is 2. The number of phenolic OH excluding ortho intramolecular Hbond substituents is 2. The Morgan fingerprint density at radius 1 is 1.22 bits per heavy atom. The lowest BCUT2D eigenvalue weighted by Crippen LogP contribution is -2.38. The van der Waals surface area contributed by atoms with E-state index in [-0.39, 0.29) is 59.1 Å². The molecule has 3 N–H and O–H groups in total. The van der Waals surface area contributed by atoms with Crippen molar-refractivity contribution in [1.82, 2.24) is 5.32 Å². The minimum absolute atomic E-state index is 0.0727. The van der Waals surface area contributed by atoms with Gasteiger partial charge in [-0.25, -0.2) is 4.79 Å². The Bertz CT molecular complexity index is 1080. The first-order chi connectivity index (χ1) is 17.3. The summed E-state index contributed by atoms with van der Waals surface area (Å²) in [5.74, 6) is -1.90. The molecule has 1 saturated heterocycles. The molecule has 0 radical (unpaired) electrons. The summed E-state index contributed by atoms with van der Waals surface area (Å²) in [6.45, 7) is 1.47. The summed E-state index contributed by atoms with van der Waals surface area (Å²) in [5, 5.41) is 27.6. The van der Waals surface area contributed by atoms with Crippen molar-refractivity contribution in [1.29, 1.82) is 0 Å². The van der Waals surface area contributed by atoms with Crippen molar-refractivity contribution in [2.45, 2.75) is 76.2 Å². The second kappa shape index (κ2) is 11.8. The fraction of sp³-hybridized carbons (Fsp3) is 0.500. The van der Waals surface area contributed by atoms with Crippen LogP contribution in [0.3, 0.4) is 0 Å². The lowest BCUT2D eigenvalue weighted by Gasteiger charge is -2.22. The fourth-order valence-electron chi connectivity index (χ4n) is 4.54. The number of rotatable bonds is 4. The van der Waals surface area contributed by atoms with E-state index in [1.165, 1.54) is 6.42 Å². The van der Waals surface area contributed by atoms with Gasteiger partial charge < -0.3 is 29.8 Å². The summed E-state index contributed by atoms with van der Waals surface area (Å²) < 4.78 is 11.1. The first kappa shape index (κ1) is 26.0. The maximum Gasteiger partial charge on any atom is 0.342 e. The van der Waals surface area contributed by atoms with Gasteiger partial charge in [-0.15, -0.1) is 0 Å². The molecule has 2 heterocycles. The van der Waals surface area contributed by atoms with E-state index < -0.39 is 17.8 Å². The van der Waals surface area contributed by atoms with Gasteiger partial charge in [0.15, 0.2) is 6.61 Å². The van der Waals surface area contributed by atoms with Crippen LogP contribution in [0, 0.1) is 0 Å². The van der Waals surface area contributed by atoms with Crippen molar-refractivity contribution in [2.24, 2.45) is 5.16 Å². The Kier molecular flexibility index (Phi) is 8.53. The SMILES string of the molecule is C[C@@H]1C[C@H]2O[C@@H]2/C=C/C=C/C(=N\OCC(=O)NC2CCCCC2)Cc2c(Cl)c(O)cc(O)c2C(=O)O1. The van der Waals surface area contributed by atoms with E-state index in [1.54, 1.807) is 25.2 Å². The lowest BCUT2D eigenvalue weighted by molar-refractivity contribution is -0.126. The number of halogens is 1. The number of benzene rings is 1. The Morgan fingerprint density at radius 2 is 2.00 bits per heavy atom. The van der Waals surface area contributed by atoms with Crippen LogP contribution in [0.2, 0.25) is 5.02 Å². The van der Waals surface area contributed by atoms with Crippen LogP contribution >= 0.6 is 11.6 Å². The number of ether oxygens (including phenoxy) is 2. The molecule has 3 atom stereocenters. The maximum atomic E-state index is 13.0. The Labute approximate surface area is 214 Å². The molecule has 3 aliphatic rings. The number of aromatic hydroxyl groups is 2. The van der Waals surface area contributed by atoms with Gasteiger partial charge in [0.05, 0.1) is 16.8 Å². The van der Waals surface area contributed by atoms with E-state index in [4.69, 9.17) is 25.9 Å². The smallest absolute Gasteiger partial charge is 0.342 e. The van der Waals surface area contributed by atoms with Crippen molar-refractivity contribution < 1.29 is 34.1 Å². The number of phenols is 2. The number of hydrogen-bond acceptors (Lipinski definition) is 8. The van der Waals surface area contributed by atoms with E-state index in [9.17, 15) is 19.8 Å². The minimum atomic E-state index is -0.780. The molecule has 10 heteroatoms. The highest BCUT2D eigenvalue weighted by molar-refractivity contribution is 6.33. The Hall–Kier alpha value is -3.04. The van der Waals surface area contributed by atoms with Gasteiger partial charge in [-0.2, -0.15) is 0 Å². The van der Waals surface area contributed by atoms with Crippen LogP contribution in [0.15, 0.2) is 35.5 Å². The van der Waals surface area contributed by atoms with Crippen LogP contribution in [0.25, 0.3) is 0 Å². The molecule has 1 aromatic carbocycles. The molecule has 1 aliphatic carbocycles. The summed E-state index contributed by atoms with van der Waals surface area (Å²) in [5.41, 5.74) is 0.276. The van der Waals surface area contributed by atoms with Crippen molar-refractivity contribution in [2.75, 3.05) is 6.61 Å². The third kappa shape index (κ3) is 6.79. The number of cyclic esters (lactones) is 1. The van der Waals surface area contributed by atoms with Crippen LogP contribution in [0.1, 0.15) is 61.4 Å². The second-order valence-electron chi connectivity index (χ2n) is 9.35. The first-order valence-electron chi connectivity index (χ1n) is 12.2. The zero-order valence-electron chi connectivity index (χ0n) is 20.1. The minimum Gasteiger partial charge on any atom is -0.507 e. The van der Waals surface area contributed by atoms with Crippen LogP contribution in [-0.2, 0) is 25.5 Å². The van der Waals surface area contributed by atoms with Gasteiger partial charge in [-0.05, 0) is 31.4 Å². The third-order valence-electron chi connectivity index (χ3n) is 6.43.